The predicted octanol–water partition coefficient (Wildman–Crippen LogP) is 3.79. The summed E-state index contributed by atoms with van der Waals surface area (Å²) < 4.78 is 10.8. The van der Waals surface area contributed by atoms with Gasteiger partial charge in [0.15, 0.2) is 5.11 Å². The van der Waals surface area contributed by atoms with Gasteiger partial charge in [0, 0.05) is 28.0 Å². The van der Waals surface area contributed by atoms with E-state index in [0.29, 0.717) is 38.6 Å². The van der Waals surface area contributed by atoms with E-state index < -0.39 is 6.04 Å². The van der Waals surface area contributed by atoms with Crippen molar-refractivity contribution in [3.8, 4) is 11.5 Å². The third-order valence-corrected chi connectivity index (χ3v) is 4.84. The van der Waals surface area contributed by atoms with Crippen LogP contribution in [0.4, 0.5) is 5.69 Å². The van der Waals surface area contributed by atoms with Crippen molar-refractivity contribution >= 4 is 40.5 Å². The maximum atomic E-state index is 13.1. The van der Waals surface area contributed by atoms with Crippen molar-refractivity contribution in [1.29, 1.82) is 0 Å². The first-order valence-electron chi connectivity index (χ1n) is 8.50. The summed E-state index contributed by atoms with van der Waals surface area (Å²) in [6.07, 6.45) is 0. The Hall–Kier alpha value is -2.77. The molecule has 0 saturated carbocycles. The molecular formula is C20H20ClN3O3S. The number of carbonyl (C=O) groups is 1. The van der Waals surface area contributed by atoms with Gasteiger partial charge in [-0.1, -0.05) is 11.6 Å². The van der Waals surface area contributed by atoms with Crippen molar-refractivity contribution in [2.24, 2.45) is 0 Å². The Bertz CT molecular complexity index is 944. The summed E-state index contributed by atoms with van der Waals surface area (Å²) in [5.41, 5.74) is 2.58. The average molecular weight is 418 g/mol. The molecule has 1 heterocycles. The Morgan fingerprint density at radius 2 is 1.86 bits per heavy atom. The smallest absolute Gasteiger partial charge is 0.255 e. The van der Waals surface area contributed by atoms with Crippen LogP contribution in [0.3, 0.4) is 0 Å². The lowest BCUT2D eigenvalue weighted by molar-refractivity contribution is -0.113. The number of allylic oxidation sites excluding steroid dienone is 1. The zero-order chi connectivity index (χ0) is 20.3. The van der Waals surface area contributed by atoms with Crippen LogP contribution in [0.25, 0.3) is 0 Å². The molecule has 1 aliphatic rings. The second-order valence-electron chi connectivity index (χ2n) is 6.14. The lowest BCUT2D eigenvalue weighted by Crippen LogP contribution is -2.45. The highest BCUT2D eigenvalue weighted by Gasteiger charge is 2.32. The van der Waals surface area contributed by atoms with Gasteiger partial charge in [0.25, 0.3) is 5.91 Å². The van der Waals surface area contributed by atoms with Crippen LogP contribution in [0.15, 0.2) is 53.7 Å². The topological polar surface area (TPSA) is 71.6 Å². The molecule has 0 unspecified atom stereocenters. The molecule has 0 aromatic heterocycles. The first-order chi connectivity index (χ1) is 13.4. The minimum absolute atomic E-state index is 0.259. The molecule has 0 aliphatic carbocycles. The number of methoxy groups -OCH3 is 2. The molecule has 0 bridgehead atoms. The minimum Gasteiger partial charge on any atom is -0.497 e. The van der Waals surface area contributed by atoms with Crippen molar-refractivity contribution in [2.45, 2.75) is 13.0 Å². The van der Waals surface area contributed by atoms with E-state index in [1.165, 1.54) is 0 Å². The molecule has 0 fully saturated rings. The summed E-state index contributed by atoms with van der Waals surface area (Å²) in [6.45, 7) is 1.81. The first kappa shape index (κ1) is 20.0. The van der Waals surface area contributed by atoms with Crippen LogP contribution in [0, 0.1) is 0 Å². The van der Waals surface area contributed by atoms with Crippen LogP contribution < -0.4 is 25.4 Å². The van der Waals surface area contributed by atoms with E-state index >= 15 is 0 Å². The van der Waals surface area contributed by atoms with Gasteiger partial charge in [-0.3, -0.25) is 4.79 Å². The second-order valence-corrected chi connectivity index (χ2v) is 6.98. The van der Waals surface area contributed by atoms with Gasteiger partial charge in [0.2, 0.25) is 0 Å². The molecule has 2 aromatic carbocycles. The monoisotopic (exact) mass is 417 g/mol. The molecule has 146 valence electrons. The first-order valence-corrected chi connectivity index (χ1v) is 9.28. The quantitative estimate of drug-likeness (QED) is 0.643. The number of benzene rings is 2. The van der Waals surface area contributed by atoms with Gasteiger partial charge in [-0.25, -0.2) is 0 Å². The fourth-order valence-corrected chi connectivity index (χ4v) is 3.41. The molecule has 0 radical (unpaired) electrons. The Kier molecular flexibility index (Phi) is 6.06. The van der Waals surface area contributed by atoms with Crippen molar-refractivity contribution in [3.63, 3.8) is 0 Å². The highest BCUT2D eigenvalue weighted by Crippen LogP contribution is 2.35. The van der Waals surface area contributed by atoms with Crippen LogP contribution in [-0.4, -0.2) is 25.2 Å². The Morgan fingerprint density at radius 1 is 1.14 bits per heavy atom. The third-order valence-electron chi connectivity index (χ3n) is 4.37. The van der Waals surface area contributed by atoms with Crippen LogP contribution >= 0.6 is 23.8 Å². The average Bonchev–Trinajstić information content (AvgIpc) is 2.68. The fraction of sp³-hybridized carbons (Fsp3) is 0.200. The maximum Gasteiger partial charge on any atom is 0.255 e. The molecule has 1 aliphatic heterocycles. The summed E-state index contributed by atoms with van der Waals surface area (Å²) in [4.78, 5) is 13.1. The number of ether oxygens (including phenoxy) is 2. The number of amides is 1. The summed E-state index contributed by atoms with van der Waals surface area (Å²) in [7, 11) is 3.16. The molecule has 3 rings (SSSR count). The molecule has 0 spiro atoms. The van der Waals surface area contributed by atoms with Crippen molar-refractivity contribution in [1.82, 2.24) is 10.6 Å². The molecule has 1 amide bonds. The molecule has 6 nitrogen and oxygen atoms in total. The van der Waals surface area contributed by atoms with Gasteiger partial charge < -0.3 is 25.4 Å². The number of rotatable bonds is 5. The van der Waals surface area contributed by atoms with E-state index in [2.05, 4.69) is 16.0 Å². The molecule has 8 heteroatoms. The standard InChI is InChI=1S/C20H20ClN3O3S/c1-11-17(19(25)23-13-6-4-12(21)5-7-13)18(24-20(28)22-11)15-9-8-14(26-2)10-16(15)27-3/h4-10,18H,1-3H3,(H,23,25)(H2,22,24,28)/t18-/m1/s1. The molecule has 28 heavy (non-hydrogen) atoms. The van der Waals surface area contributed by atoms with E-state index in [-0.39, 0.29) is 5.91 Å². The van der Waals surface area contributed by atoms with Gasteiger partial charge >= 0.3 is 0 Å². The Labute approximate surface area is 173 Å². The van der Waals surface area contributed by atoms with Crippen LogP contribution in [0.5, 0.6) is 11.5 Å². The summed E-state index contributed by atoms with van der Waals surface area (Å²) in [6, 6.07) is 11.9. The van der Waals surface area contributed by atoms with Gasteiger partial charge in [-0.05, 0) is 55.5 Å². The van der Waals surface area contributed by atoms with Crippen LogP contribution in [-0.2, 0) is 4.79 Å². The second kappa shape index (κ2) is 8.50. The van der Waals surface area contributed by atoms with E-state index in [4.69, 9.17) is 33.3 Å². The Morgan fingerprint density at radius 3 is 2.50 bits per heavy atom. The molecule has 2 aromatic rings. The number of hydrogen-bond donors (Lipinski definition) is 3. The van der Waals surface area contributed by atoms with Gasteiger partial charge in [-0.15, -0.1) is 0 Å². The van der Waals surface area contributed by atoms with E-state index in [1.54, 1.807) is 44.6 Å². The summed E-state index contributed by atoms with van der Waals surface area (Å²) >= 11 is 11.2. The number of carbonyl (C=O) groups excluding carboxylic acids is 1. The normalized spacial score (nSPS) is 16.1. The predicted molar refractivity (Wildman–Crippen MR) is 114 cm³/mol. The number of hydrogen-bond acceptors (Lipinski definition) is 4. The maximum absolute atomic E-state index is 13.1. The van der Waals surface area contributed by atoms with E-state index in [0.717, 1.165) is 5.56 Å². The van der Waals surface area contributed by atoms with Crippen LogP contribution in [0.2, 0.25) is 5.02 Å². The van der Waals surface area contributed by atoms with E-state index in [1.807, 2.05) is 19.1 Å². The SMILES string of the molecule is COc1ccc([C@H]2NC(=S)NC(C)=C2C(=O)Nc2ccc(Cl)cc2)c(OC)c1. The molecule has 1 atom stereocenters. The van der Waals surface area contributed by atoms with Crippen LogP contribution in [0.1, 0.15) is 18.5 Å². The molecular weight excluding hydrogens is 398 g/mol. The fourth-order valence-electron chi connectivity index (χ4n) is 3.02. The summed E-state index contributed by atoms with van der Waals surface area (Å²) in [5.74, 6) is 0.987. The number of halogens is 1. The zero-order valence-electron chi connectivity index (χ0n) is 15.6. The van der Waals surface area contributed by atoms with Gasteiger partial charge in [0.1, 0.15) is 11.5 Å². The number of nitrogens with one attached hydrogen (secondary N) is 3. The lowest BCUT2D eigenvalue weighted by Gasteiger charge is -2.31. The van der Waals surface area contributed by atoms with Crippen molar-refractivity contribution in [2.75, 3.05) is 19.5 Å². The van der Waals surface area contributed by atoms with Crippen molar-refractivity contribution < 1.29 is 14.3 Å². The van der Waals surface area contributed by atoms with E-state index in [9.17, 15) is 4.79 Å². The summed E-state index contributed by atoms with van der Waals surface area (Å²) in [5, 5.41) is 10.1. The highest BCUT2D eigenvalue weighted by molar-refractivity contribution is 7.80. The van der Waals surface area contributed by atoms with Crippen molar-refractivity contribution in [3.05, 3.63) is 64.3 Å². The Balaban J connectivity index is 1.99. The molecule has 3 N–H and O–H groups in total. The largest absolute Gasteiger partial charge is 0.497 e. The minimum atomic E-state index is -0.484. The molecule has 0 saturated heterocycles. The zero-order valence-corrected chi connectivity index (χ0v) is 17.2. The highest BCUT2D eigenvalue weighted by atomic mass is 35.5. The number of anilines is 1. The number of thiocarbonyl (C=S) groups is 1. The third kappa shape index (κ3) is 4.21. The lowest BCUT2D eigenvalue weighted by atomic mass is 9.94. The van der Waals surface area contributed by atoms with Gasteiger partial charge in [-0.2, -0.15) is 0 Å². The van der Waals surface area contributed by atoms with Gasteiger partial charge in [0.05, 0.1) is 25.8 Å².